The van der Waals surface area contributed by atoms with Gasteiger partial charge in [-0.3, -0.25) is 0 Å². The first-order valence-electron chi connectivity index (χ1n) is 5.77. The first-order valence-corrected chi connectivity index (χ1v) is 5.77. The molecule has 0 saturated carbocycles. The van der Waals surface area contributed by atoms with Crippen LogP contribution in [-0.4, -0.2) is 26.2 Å². The summed E-state index contributed by atoms with van der Waals surface area (Å²) in [4.78, 5) is 11.8. The van der Waals surface area contributed by atoms with E-state index in [4.69, 9.17) is 9.94 Å². The van der Waals surface area contributed by atoms with E-state index in [-0.39, 0.29) is 18.1 Å². The summed E-state index contributed by atoms with van der Waals surface area (Å²) in [7, 11) is 0. The van der Waals surface area contributed by atoms with Crippen molar-refractivity contribution in [1.82, 2.24) is 9.94 Å². The third-order valence-electron chi connectivity index (χ3n) is 2.58. The number of ether oxygens (including phenoxy) is 1. The molecule has 1 heterocycles. The molecule has 0 saturated heterocycles. The van der Waals surface area contributed by atoms with Gasteiger partial charge < -0.3 is 15.1 Å². The normalized spacial score (nSPS) is 9.65. The molecule has 0 aliphatic heterocycles. The maximum Gasteiger partial charge on any atom is 0.336 e. The Hall–Kier alpha value is -2.94. The van der Waals surface area contributed by atoms with Gasteiger partial charge in [-0.15, -0.1) is 10.8 Å². The van der Waals surface area contributed by atoms with Crippen molar-refractivity contribution in [3.8, 4) is 17.7 Å². The van der Waals surface area contributed by atoms with Crippen LogP contribution in [0.25, 0.3) is 0 Å². The van der Waals surface area contributed by atoms with Crippen LogP contribution in [0.5, 0.6) is 5.88 Å². The molecule has 6 heteroatoms. The van der Waals surface area contributed by atoms with Gasteiger partial charge in [-0.05, 0) is 19.1 Å². The summed E-state index contributed by atoms with van der Waals surface area (Å²) in [5.41, 5.74) is 1.20. The second kappa shape index (κ2) is 5.80. The van der Waals surface area contributed by atoms with Crippen molar-refractivity contribution in [3.63, 3.8) is 0 Å². The average Bonchev–Trinajstić information content (AvgIpc) is 2.83. The predicted molar refractivity (Wildman–Crippen MR) is 69.7 cm³/mol. The van der Waals surface area contributed by atoms with E-state index in [1.54, 1.807) is 19.1 Å². The number of rotatable bonds is 4. The minimum atomic E-state index is -1.05. The molecular weight excluding hydrogens is 260 g/mol. The Labute approximate surface area is 115 Å². The number of hydrogen-bond donors (Lipinski definition) is 2. The minimum absolute atomic E-state index is 0.00347. The lowest BCUT2D eigenvalue weighted by atomic mass is 10.0. The zero-order valence-electron chi connectivity index (χ0n) is 10.7. The van der Waals surface area contributed by atoms with Crippen molar-refractivity contribution in [2.24, 2.45) is 0 Å². The van der Waals surface area contributed by atoms with Crippen molar-refractivity contribution in [2.75, 3.05) is 0 Å². The second-order valence-corrected chi connectivity index (χ2v) is 3.87. The van der Waals surface area contributed by atoms with Crippen molar-refractivity contribution in [3.05, 3.63) is 47.2 Å². The van der Waals surface area contributed by atoms with E-state index >= 15 is 0 Å². The molecule has 0 fully saturated rings. The third-order valence-corrected chi connectivity index (χ3v) is 2.58. The van der Waals surface area contributed by atoms with Crippen molar-refractivity contribution < 1.29 is 19.8 Å². The molecule has 2 aromatic rings. The molecule has 0 radical (unpaired) electrons. The first-order chi connectivity index (χ1) is 9.61. The second-order valence-electron chi connectivity index (χ2n) is 3.87. The molecule has 6 nitrogen and oxygen atoms in total. The maximum atomic E-state index is 11.2. The molecule has 0 bridgehead atoms. The zero-order chi connectivity index (χ0) is 14.5. The van der Waals surface area contributed by atoms with Crippen LogP contribution in [0.15, 0.2) is 30.5 Å². The van der Waals surface area contributed by atoms with Crippen LogP contribution in [0.2, 0.25) is 0 Å². The van der Waals surface area contributed by atoms with E-state index in [2.05, 4.69) is 16.9 Å². The Morgan fingerprint density at radius 3 is 2.85 bits per heavy atom. The summed E-state index contributed by atoms with van der Waals surface area (Å²) in [6, 6.07) is 6.32. The summed E-state index contributed by atoms with van der Waals surface area (Å²) in [6.45, 7) is 1.68. The Balaban J connectivity index is 2.31. The minimum Gasteiger partial charge on any atom is -0.478 e. The molecule has 0 unspecified atom stereocenters. The smallest absolute Gasteiger partial charge is 0.336 e. The van der Waals surface area contributed by atoms with Gasteiger partial charge in [0.25, 0.3) is 0 Å². The molecule has 0 amide bonds. The van der Waals surface area contributed by atoms with Gasteiger partial charge in [0.1, 0.15) is 6.61 Å². The van der Waals surface area contributed by atoms with Crippen LogP contribution >= 0.6 is 0 Å². The lowest BCUT2D eigenvalue weighted by Crippen LogP contribution is -2.08. The number of nitrogens with zero attached hydrogens (tertiary/aromatic N) is 2. The fourth-order valence-electron chi connectivity index (χ4n) is 1.72. The molecule has 2 N–H and O–H groups in total. The van der Waals surface area contributed by atoms with Crippen LogP contribution in [-0.2, 0) is 6.61 Å². The Bertz CT molecular complexity index is 695. The van der Waals surface area contributed by atoms with E-state index in [0.29, 0.717) is 16.0 Å². The van der Waals surface area contributed by atoms with Crippen LogP contribution in [0, 0.1) is 11.8 Å². The highest BCUT2D eigenvalue weighted by atomic mass is 16.5. The van der Waals surface area contributed by atoms with E-state index < -0.39 is 5.97 Å². The molecule has 1 aromatic carbocycles. The summed E-state index contributed by atoms with van der Waals surface area (Å²) >= 11 is 0. The number of carbonyl (C=O) groups is 1. The number of carboxylic acid groups (broad SMARTS) is 1. The van der Waals surface area contributed by atoms with Gasteiger partial charge in [0.2, 0.25) is 5.88 Å². The zero-order valence-corrected chi connectivity index (χ0v) is 10.7. The van der Waals surface area contributed by atoms with Crippen LogP contribution < -0.4 is 4.74 Å². The van der Waals surface area contributed by atoms with Gasteiger partial charge in [0, 0.05) is 17.2 Å². The van der Waals surface area contributed by atoms with Gasteiger partial charge in [-0.25, -0.2) is 4.79 Å². The number of benzene rings is 1. The largest absolute Gasteiger partial charge is 0.478 e. The number of carboxylic acids is 1. The van der Waals surface area contributed by atoms with E-state index in [1.165, 1.54) is 18.3 Å². The molecule has 0 aliphatic carbocycles. The van der Waals surface area contributed by atoms with Crippen LogP contribution in [0.1, 0.15) is 28.4 Å². The SMILES string of the molecule is CC#Cc1cccc(C(=O)O)c1COc1ccn(O)n1. The van der Waals surface area contributed by atoms with E-state index in [0.717, 1.165) is 0 Å². The van der Waals surface area contributed by atoms with Gasteiger partial charge in [-0.2, -0.15) is 0 Å². The molecule has 0 spiro atoms. The molecule has 0 atom stereocenters. The summed E-state index contributed by atoms with van der Waals surface area (Å²) in [6.07, 6.45) is 1.31. The summed E-state index contributed by atoms with van der Waals surface area (Å²) in [5, 5.41) is 21.9. The first kappa shape index (κ1) is 13.5. The fourth-order valence-corrected chi connectivity index (χ4v) is 1.72. The molecule has 1 aromatic heterocycles. The van der Waals surface area contributed by atoms with Crippen molar-refractivity contribution in [2.45, 2.75) is 13.5 Å². The van der Waals surface area contributed by atoms with Gasteiger partial charge >= 0.3 is 5.97 Å². The monoisotopic (exact) mass is 272 g/mol. The highest BCUT2D eigenvalue weighted by Crippen LogP contribution is 2.17. The lowest BCUT2D eigenvalue weighted by Gasteiger charge is -2.09. The Kier molecular flexibility index (Phi) is 3.91. The van der Waals surface area contributed by atoms with Gasteiger partial charge in [0.15, 0.2) is 0 Å². The lowest BCUT2D eigenvalue weighted by molar-refractivity contribution is 0.0693. The molecular formula is C14H12N2O4. The Morgan fingerprint density at radius 2 is 2.25 bits per heavy atom. The molecule has 102 valence electrons. The van der Waals surface area contributed by atoms with Crippen molar-refractivity contribution >= 4 is 5.97 Å². The molecule has 20 heavy (non-hydrogen) atoms. The highest BCUT2D eigenvalue weighted by molar-refractivity contribution is 5.90. The molecule has 2 rings (SSSR count). The number of hydrogen-bond acceptors (Lipinski definition) is 4. The van der Waals surface area contributed by atoms with Gasteiger partial charge in [-0.1, -0.05) is 17.1 Å². The predicted octanol–water partition coefficient (Wildman–Crippen LogP) is 1.77. The standard InChI is InChI=1S/C14H12N2O4/c1-2-4-10-5-3-6-11(14(17)18)12(10)9-20-13-7-8-16(19)15-13/h3,5-8,19H,9H2,1H3,(H,17,18). The third kappa shape index (κ3) is 2.90. The summed E-state index contributed by atoms with van der Waals surface area (Å²) in [5.74, 6) is 4.73. The van der Waals surface area contributed by atoms with Crippen molar-refractivity contribution in [1.29, 1.82) is 0 Å². The summed E-state index contributed by atoms with van der Waals surface area (Å²) < 4.78 is 5.37. The van der Waals surface area contributed by atoms with Crippen LogP contribution in [0.4, 0.5) is 0 Å². The Morgan fingerprint density at radius 1 is 1.45 bits per heavy atom. The highest BCUT2D eigenvalue weighted by Gasteiger charge is 2.14. The van der Waals surface area contributed by atoms with Crippen LogP contribution in [0.3, 0.4) is 0 Å². The van der Waals surface area contributed by atoms with Gasteiger partial charge in [0.05, 0.1) is 11.8 Å². The number of aromatic nitrogens is 2. The number of aromatic carboxylic acids is 1. The molecule has 0 aliphatic rings. The average molecular weight is 272 g/mol. The maximum absolute atomic E-state index is 11.2. The van der Waals surface area contributed by atoms with E-state index in [9.17, 15) is 9.90 Å². The topological polar surface area (TPSA) is 84.6 Å². The quantitative estimate of drug-likeness (QED) is 0.654. The van der Waals surface area contributed by atoms with E-state index in [1.807, 2.05) is 0 Å². The fraction of sp³-hybridized carbons (Fsp3) is 0.143.